The van der Waals surface area contributed by atoms with Crippen molar-refractivity contribution >= 4 is 6.08 Å². The van der Waals surface area contributed by atoms with Crippen LogP contribution in [0, 0.1) is 20.8 Å². The van der Waals surface area contributed by atoms with Crippen LogP contribution in [0.25, 0.3) is 6.08 Å². The molecule has 0 unspecified atom stereocenters. The van der Waals surface area contributed by atoms with Crippen LogP contribution in [0.5, 0.6) is 0 Å². The van der Waals surface area contributed by atoms with Crippen molar-refractivity contribution in [2.24, 2.45) is 0 Å². The number of allylic oxidation sites excluding steroid dienone is 2. The van der Waals surface area contributed by atoms with E-state index in [1.54, 1.807) is 0 Å². The van der Waals surface area contributed by atoms with Gasteiger partial charge in [0.25, 0.3) is 0 Å². The van der Waals surface area contributed by atoms with Gasteiger partial charge in [0, 0.05) is 0 Å². The monoisotopic (exact) mass is 216 g/mol. The van der Waals surface area contributed by atoms with Crippen LogP contribution in [0.3, 0.4) is 0 Å². The van der Waals surface area contributed by atoms with Crippen molar-refractivity contribution in [1.29, 1.82) is 0 Å². The molecule has 0 fully saturated rings. The minimum atomic E-state index is 1.08. The van der Waals surface area contributed by atoms with E-state index in [0.29, 0.717) is 0 Å². The molecule has 0 bridgehead atoms. The molecule has 0 aliphatic heterocycles. The Hall–Kier alpha value is -1.30. The lowest BCUT2D eigenvalue weighted by Gasteiger charge is -2.06. The zero-order chi connectivity index (χ0) is 12.7. The topological polar surface area (TPSA) is 0 Å². The van der Waals surface area contributed by atoms with E-state index in [1.165, 1.54) is 22.3 Å². The van der Waals surface area contributed by atoms with Crippen molar-refractivity contribution in [1.82, 2.24) is 0 Å². The van der Waals surface area contributed by atoms with E-state index in [9.17, 15) is 0 Å². The predicted molar refractivity (Wildman–Crippen MR) is 75.8 cm³/mol. The van der Waals surface area contributed by atoms with Crippen LogP contribution >= 0.6 is 0 Å². The van der Waals surface area contributed by atoms with Crippen molar-refractivity contribution < 1.29 is 0 Å². The standard InChI is InChI=1S/C14H18.C2H6/c1-10(2)6-7-14-8-11(3)13(5)12(4)9-14;1-2/h6-9H,1H2,2-5H3;1-2H3/b7-6+;. The van der Waals surface area contributed by atoms with Crippen molar-refractivity contribution in [2.75, 3.05) is 0 Å². The third-order valence-corrected chi connectivity index (χ3v) is 2.51. The van der Waals surface area contributed by atoms with E-state index in [-0.39, 0.29) is 0 Å². The smallest absolute Gasteiger partial charge is 0.0251 e. The molecule has 0 nitrogen and oxygen atoms in total. The summed E-state index contributed by atoms with van der Waals surface area (Å²) in [7, 11) is 0. The zero-order valence-corrected chi connectivity index (χ0v) is 11.5. The Kier molecular flexibility index (Phi) is 6.48. The van der Waals surface area contributed by atoms with Gasteiger partial charge in [-0.15, -0.1) is 0 Å². The number of hydrogen-bond acceptors (Lipinski definition) is 0. The van der Waals surface area contributed by atoms with Crippen molar-refractivity contribution in [2.45, 2.75) is 41.5 Å². The Labute approximate surface area is 101 Å². The highest BCUT2D eigenvalue weighted by molar-refractivity contribution is 5.56. The summed E-state index contributed by atoms with van der Waals surface area (Å²) in [5.41, 5.74) is 6.43. The SMILES string of the molecule is C=C(C)/C=C/c1cc(C)c(C)c(C)c1.CC. The van der Waals surface area contributed by atoms with Crippen LogP contribution in [0.4, 0.5) is 0 Å². The van der Waals surface area contributed by atoms with Gasteiger partial charge in [-0.1, -0.05) is 50.3 Å². The summed E-state index contributed by atoms with van der Waals surface area (Å²) in [4.78, 5) is 0. The molecule has 0 spiro atoms. The highest BCUT2D eigenvalue weighted by atomic mass is 14.0. The maximum absolute atomic E-state index is 3.85. The normalized spacial score (nSPS) is 9.88. The van der Waals surface area contributed by atoms with Gasteiger partial charge < -0.3 is 0 Å². The molecular weight excluding hydrogens is 192 g/mol. The molecule has 1 rings (SSSR count). The third kappa shape index (κ3) is 4.48. The first-order valence-electron chi connectivity index (χ1n) is 5.92. The van der Waals surface area contributed by atoms with Gasteiger partial charge in [-0.3, -0.25) is 0 Å². The van der Waals surface area contributed by atoms with Crippen LogP contribution < -0.4 is 0 Å². The quantitative estimate of drug-likeness (QED) is 0.594. The number of benzene rings is 1. The van der Waals surface area contributed by atoms with Crippen LogP contribution in [0.15, 0.2) is 30.4 Å². The van der Waals surface area contributed by atoms with Gasteiger partial charge in [-0.25, -0.2) is 0 Å². The van der Waals surface area contributed by atoms with Gasteiger partial charge >= 0.3 is 0 Å². The molecule has 0 radical (unpaired) electrons. The summed E-state index contributed by atoms with van der Waals surface area (Å²) in [6.07, 6.45) is 4.16. The fourth-order valence-corrected chi connectivity index (χ4v) is 1.40. The molecule has 0 atom stereocenters. The molecular formula is C16H24. The van der Waals surface area contributed by atoms with Crippen molar-refractivity contribution in [3.63, 3.8) is 0 Å². The molecule has 0 N–H and O–H groups in total. The summed E-state index contributed by atoms with van der Waals surface area (Å²) in [5.74, 6) is 0. The first kappa shape index (κ1) is 14.7. The molecule has 0 amide bonds. The third-order valence-electron chi connectivity index (χ3n) is 2.51. The zero-order valence-electron chi connectivity index (χ0n) is 11.5. The summed E-state index contributed by atoms with van der Waals surface area (Å²) in [5, 5.41) is 0. The maximum atomic E-state index is 3.85. The first-order valence-corrected chi connectivity index (χ1v) is 5.92. The summed E-state index contributed by atoms with van der Waals surface area (Å²) in [6.45, 7) is 16.3. The van der Waals surface area contributed by atoms with Crippen LogP contribution in [-0.2, 0) is 0 Å². The van der Waals surface area contributed by atoms with Crippen molar-refractivity contribution in [3.8, 4) is 0 Å². The van der Waals surface area contributed by atoms with Crippen LogP contribution in [0.2, 0.25) is 0 Å². The van der Waals surface area contributed by atoms with Gasteiger partial charge in [0.2, 0.25) is 0 Å². The molecule has 1 aromatic carbocycles. The van der Waals surface area contributed by atoms with Crippen LogP contribution in [-0.4, -0.2) is 0 Å². The second-order valence-corrected chi connectivity index (χ2v) is 3.96. The summed E-state index contributed by atoms with van der Waals surface area (Å²) in [6, 6.07) is 4.42. The highest BCUT2D eigenvalue weighted by Gasteiger charge is 1.97. The minimum absolute atomic E-state index is 1.08. The largest absolute Gasteiger partial charge is 0.0961 e. The molecule has 0 saturated heterocycles. The molecule has 0 heteroatoms. The number of aryl methyl sites for hydroxylation is 2. The molecule has 0 aliphatic carbocycles. The summed E-state index contributed by atoms with van der Waals surface area (Å²) >= 11 is 0. The molecule has 16 heavy (non-hydrogen) atoms. The number of hydrogen-bond donors (Lipinski definition) is 0. The first-order chi connectivity index (χ1) is 7.50. The second kappa shape index (κ2) is 7.05. The van der Waals surface area contributed by atoms with E-state index >= 15 is 0 Å². The molecule has 88 valence electrons. The van der Waals surface area contributed by atoms with E-state index in [4.69, 9.17) is 0 Å². The Bertz CT molecular complexity index is 358. The predicted octanol–water partition coefficient (Wildman–Crippen LogP) is 5.23. The van der Waals surface area contributed by atoms with Crippen molar-refractivity contribution in [3.05, 3.63) is 52.6 Å². The average molecular weight is 216 g/mol. The lowest BCUT2D eigenvalue weighted by molar-refractivity contribution is 1.26. The van der Waals surface area contributed by atoms with Gasteiger partial charge in [0.1, 0.15) is 0 Å². The lowest BCUT2D eigenvalue weighted by atomic mass is 10.0. The molecule has 0 aromatic heterocycles. The Morgan fingerprint density at radius 3 is 1.88 bits per heavy atom. The summed E-state index contributed by atoms with van der Waals surface area (Å²) < 4.78 is 0. The lowest BCUT2D eigenvalue weighted by Crippen LogP contribution is -1.87. The molecule has 0 aliphatic rings. The minimum Gasteiger partial charge on any atom is -0.0961 e. The second-order valence-electron chi connectivity index (χ2n) is 3.96. The Morgan fingerprint density at radius 2 is 1.50 bits per heavy atom. The Balaban J connectivity index is 0.00000106. The molecule has 0 saturated carbocycles. The average Bonchev–Trinajstić information content (AvgIpc) is 2.25. The van der Waals surface area contributed by atoms with E-state index in [0.717, 1.165) is 5.57 Å². The van der Waals surface area contributed by atoms with Gasteiger partial charge in [-0.2, -0.15) is 0 Å². The van der Waals surface area contributed by atoms with E-state index < -0.39 is 0 Å². The van der Waals surface area contributed by atoms with E-state index in [2.05, 4.69) is 45.6 Å². The molecule has 0 heterocycles. The highest BCUT2D eigenvalue weighted by Crippen LogP contribution is 2.16. The van der Waals surface area contributed by atoms with E-state index in [1.807, 2.05) is 26.8 Å². The molecule has 1 aromatic rings. The Morgan fingerprint density at radius 1 is 1.06 bits per heavy atom. The van der Waals surface area contributed by atoms with Gasteiger partial charge in [0.05, 0.1) is 0 Å². The fourth-order valence-electron chi connectivity index (χ4n) is 1.40. The van der Waals surface area contributed by atoms with Gasteiger partial charge in [0.15, 0.2) is 0 Å². The fraction of sp³-hybridized carbons (Fsp3) is 0.375. The number of rotatable bonds is 2. The van der Waals surface area contributed by atoms with Crippen LogP contribution in [0.1, 0.15) is 43.0 Å². The maximum Gasteiger partial charge on any atom is -0.0251 e. The van der Waals surface area contributed by atoms with Gasteiger partial charge in [-0.05, 0) is 49.9 Å².